The summed E-state index contributed by atoms with van der Waals surface area (Å²) < 4.78 is 0. The minimum absolute atomic E-state index is 0.0344. The summed E-state index contributed by atoms with van der Waals surface area (Å²) in [7, 11) is 0. The zero-order valence-corrected chi connectivity index (χ0v) is 13.0. The molecule has 1 amide bonds. The first-order valence-corrected chi connectivity index (χ1v) is 8.67. The van der Waals surface area contributed by atoms with Gasteiger partial charge in [0.2, 0.25) is 5.91 Å². The van der Waals surface area contributed by atoms with E-state index in [0.717, 1.165) is 50.2 Å². The Morgan fingerprint density at radius 3 is 2.90 bits per heavy atom. The van der Waals surface area contributed by atoms with Gasteiger partial charge in [-0.3, -0.25) is 4.79 Å². The van der Waals surface area contributed by atoms with Crippen molar-refractivity contribution >= 4 is 22.2 Å². The standard InChI is InChI=1S/C16H21N3OS/c17-9-13-12-6-2-1-3-7-14(12)21-16(13)19-15(20)11-5-4-8-18-10-11/h11,18H,1-8,10H2,(H,19,20)/t11-/m0/s1. The Balaban J connectivity index is 1.79. The summed E-state index contributed by atoms with van der Waals surface area (Å²) in [6.45, 7) is 1.75. The van der Waals surface area contributed by atoms with E-state index in [1.165, 1.54) is 23.3 Å². The Bertz CT molecular complexity index is 567. The summed E-state index contributed by atoms with van der Waals surface area (Å²) in [4.78, 5) is 13.7. The van der Waals surface area contributed by atoms with Gasteiger partial charge in [0.1, 0.15) is 11.1 Å². The molecule has 1 aromatic heterocycles. The molecule has 21 heavy (non-hydrogen) atoms. The third-order valence-electron chi connectivity index (χ3n) is 4.44. The minimum Gasteiger partial charge on any atom is -0.316 e. The van der Waals surface area contributed by atoms with Crippen LogP contribution in [0.2, 0.25) is 0 Å². The second-order valence-electron chi connectivity index (χ2n) is 5.91. The van der Waals surface area contributed by atoms with E-state index in [1.54, 1.807) is 11.3 Å². The van der Waals surface area contributed by atoms with Crippen molar-refractivity contribution < 1.29 is 4.79 Å². The molecule has 0 spiro atoms. The second kappa shape index (κ2) is 6.59. The molecule has 2 N–H and O–H groups in total. The molecule has 3 rings (SSSR count). The van der Waals surface area contributed by atoms with Crippen molar-refractivity contribution in [3.05, 3.63) is 16.0 Å². The first kappa shape index (κ1) is 14.6. The van der Waals surface area contributed by atoms with Crippen molar-refractivity contribution in [2.24, 2.45) is 5.92 Å². The van der Waals surface area contributed by atoms with Crippen LogP contribution in [0, 0.1) is 17.2 Å². The highest BCUT2D eigenvalue weighted by Gasteiger charge is 2.25. The van der Waals surface area contributed by atoms with Crippen LogP contribution in [0.1, 0.15) is 48.1 Å². The maximum Gasteiger partial charge on any atom is 0.229 e. The second-order valence-corrected chi connectivity index (χ2v) is 7.02. The average molecular weight is 303 g/mol. The molecule has 1 saturated heterocycles. The summed E-state index contributed by atoms with van der Waals surface area (Å²) in [6.07, 6.45) is 7.60. The van der Waals surface area contributed by atoms with Crippen LogP contribution in [-0.2, 0) is 17.6 Å². The van der Waals surface area contributed by atoms with E-state index in [9.17, 15) is 10.1 Å². The number of carbonyl (C=O) groups is 1. The largest absolute Gasteiger partial charge is 0.316 e. The summed E-state index contributed by atoms with van der Waals surface area (Å²) >= 11 is 1.62. The Morgan fingerprint density at radius 2 is 2.14 bits per heavy atom. The summed E-state index contributed by atoms with van der Waals surface area (Å²) in [6, 6.07) is 2.32. The van der Waals surface area contributed by atoms with Gasteiger partial charge in [0.05, 0.1) is 11.5 Å². The summed E-state index contributed by atoms with van der Waals surface area (Å²) in [5, 5.41) is 16.5. The van der Waals surface area contributed by atoms with Gasteiger partial charge in [0, 0.05) is 11.4 Å². The number of hydrogen-bond acceptors (Lipinski definition) is 4. The fourth-order valence-electron chi connectivity index (χ4n) is 3.24. The van der Waals surface area contributed by atoms with Crippen molar-refractivity contribution in [1.29, 1.82) is 5.26 Å². The van der Waals surface area contributed by atoms with Gasteiger partial charge in [-0.05, 0) is 50.6 Å². The molecule has 2 aliphatic rings. The minimum atomic E-state index is 0.0344. The molecule has 2 heterocycles. The molecule has 0 saturated carbocycles. The Morgan fingerprint density at radius 1 is 1.29 bits per heavy atom. The van der Waals surface area contributed by atoms with Crippen molar-refractivity contribution in [3.8, 4) is 6.07 Å². The van der Waals surface area contributed by atoms with E-state index in [-0.39, 0.29) is 11.8 Å². The van der Waals surface area contributed by atoms with E-state index in [4.69, 9.17) is 0 Å². The number of anilines is 1. The van der Waals surface area contributed by atoms with Gasteiger partial charge in [-0.2, -0.15) is 5.26 Å². The molecule has 112 valence electrons. The van der Waals surface area contributed by atoms with E-state index in [1.807, 2.05) is 0 Å². The molecule has 1 atom stereocenters. The van der Waals surface area contributed by atoms with E-state index >= 15 is 0 Å². The molecule has 1 aromatic rings. The molecule has 1 aliphatic carbocycles. The summed E-state index contributed by atoms with van der Waals surface area (Å²) in [5.41, 5.74) is 1.91. The number of hydrogen-bond donors (Lipinski definition) is 2. The van der Waals surface area contributed by atoms with Crippen LogP contribution in [-0.4, -0.2) is 19.0 Å². The van der Waals surface area contributed by atoms with Crippen LogP contribution in [0.4, 0.5) is 5.00 Å². The average Bonchev–Trinajstić information content (AvgIpc) is 2.68. The normalized spacial score (nSPS) is 22.0. The zero-order chi connectivity index (χ0) is 14.7. The van der Waals surface area contributed by atoms with Gasteiger partial charge in [-0.25, -0.2) is 0 Å². The number of nitrogens with one attached hydrogen (secondary N) is 2. The molecule has 0 unspecified atom stereocenters. The number of piperidine rings is 1. The third-order valence-corrected chi connectivity index (χ3v) is 5.64. The lowest BCUT2D eigenvalue weighted by Gasteiger charge is -2.21. The Hall–Kier alpha value is -1.38. The predicted octanol–water partition coefficient (Wildman–Crippen LogP) is 2.83. The van der Waals surface area contributed by atoms with Crippen LogP contribution < -0.4 is 10.6 Å². The molecule has 0 aromatic carbocycles. The molecule has 0 bridgehead atoms. The Kier molecular flexibility index (Phi) is 4.57. The van der Waals surface area contributed by atoms with Gasteiger partial charge >= 0.3 is 0 Å². The van der Waals surface area contributed by atoms with Crippen LogP contribution in [0.3, 0.4) is 0 Å². The number of thiophene rings is 1. The van der Waals surface area contributed by atoms with E-state index in [0.29, 0.717) is 5.56 Å². The topological polar surface area (TPSA) is 64.9 Å². The van der Waals surface area contributed by atoms with Crippen molar-refractivity contribution in [2.75, 3.05) is 18.4 Å². The van der Waals surface area contributed by atoms with Gasteiger partial charge < -0.3 is 10.6 Å². The lowest BCUT2D eigenvalue weighted by molar-refractivity contribution is -0.120. The van der Waals surface area contributed by atoms with Gasteiger partial charge in [-0.1, -0.05) is 6.42 Å². The molecule has 4 nitrogen and oxygen atoms in total. The number of aryl methyl sites for hydroxylation is 1. The highest BCUT2D eigenvalue weighted by Crippen LogP contribution is 2.37. The number of nitrogens with zero attached hydrogens (tertiary/aromatic N) is 1. The number of rotatable bonds is 2. The molecule has 5 heteroatoms. The van der Waals surface area contributed by atoms with Crippen LogP contribution in [0.5, 0.6) is 0 Å². The SMILES string of the molecule is N#Cc1c(NC(=O)[C@H]2CCCNC2)sc2c1CCCCC2. The van der Waals surface area contributed by atoms with Crippen LogP contribution >= 0.6 is 11.3 Å². The lowest BCUT2D eigenvalue weighted by atomic mass is 9.99. The first-order valence-electron chi connectivity index (χ1n) is 7.86. The number of carbonyl (C=O) groups excluding carboxylic acids is 1. The summed E-state index contributed by atoms with van der Waals surface area (Å²) in [5.74, 6) is 0.0994. The fourth-order valence-corrected chi connectivity index (χ4v) is 4.48. The van der Waals surface area contributed by atoms with Gasteiger partial charge in [-0.15, -0.1) is 11.3 Å². The van der Waals surface area contributed by atoms with Gasteiger partial charge in [0.25, 0.3) is 0 Å². The van der Waals surface area contributed by atoms with Crippen LogP contribution in [0.25, 0.3) is 0 Å². The number of nitriles is 1. The molecular formula is C16H21N3OS. The maximum absolute atomic E-state index is 12.4. The molecule has 0 radical (unpaired) electrons. The van der Waals surface area contributed by atoms with E-state index in [2.05, 4.69) is 16.7 Å². The van der Waals surface area contributed by atoms with E-state index < -0.39 is 0 Å². The number of fused-ring (bicyclic) bond motifs is 1. The predicted molar refractivity (Wildman–Crippen MR) is 84.5 cm³/mol. The fraction of sp³-hybridized carbons (Fsp3) is 0.625. The molecular weight excluding hydrogens is 282 g/mol. The number of amides is 1. The Labute approximate surface area is 129 Å². The van der Waals surface area contributed by atoms with Crippen molar-refractivity contribution in [1.82, 2.24) is 5.32 Å². The van der Waals surface area contributed by atoms with Gasteiger partial charge in [0.15, 0.2) is 0 Å². The smallest absolute Gasteiger partial charge is 0.229 e. The van der Waals surface area contributed by atoms with Crippen LogP contribution in [0.15, 0.2) is 0 Å². The lowest BCUT2D eigenvalue weighted by Crippen LogP contribution is -2.37. The third kappa shape index (κ3) is 3.12. The first-order chi connectivity index (χ1) is 10.3. The quantitative estimate of drug-likeness (QED) is 0.826. The van der Waals surface area contributed by atoms with Crippen molar-refractivity contribution in [2.45, 2.75) is 44.9 Å². The molecule has 1 aliphatic heterocycles. The molecule has 1 fully saturated rings. The van der Waals surface area contributed by atoms with Crippen molar-refractivity contribution in [3.63, 3.8) is 0 Å². The monoisotopic (exact) mass is 303 g/mol. The highest BCUT2D eigenvalue weighted by molar-refractivity contribution is 7.16. The highest BCUT2D eigenvalue weighted by atomic mass is 32.1. The zero-order valence-electron chi connectivity index (χ0n) is 12.2. The maximum atomic E-state index is 12.4.